The van der Waals surface area contributed by atoms with Crippen molar-refractivity contribution in [3.8, 4) is 0 Å². The Balaban J connectivity index is 1.50. The molecule has 1 heterocycles. The summed E-state index contributed by atoms with van der Waals surface area (Å²) in [5.41, 5.74) is 3.58. The van der Waals surface area contributed by atoms with Crippen LogP contribution in [0, 0.1) is 6.92 Å². The van der Waals surface area contributed by atoms with Gasteiger partial charge in [-0.1, -0.05) is 71.2 Å². The molecule has 1 atom stereocenters. The van der Waals surface area contributed by atoms with E-state index in [1.165, 1.54) is 4.31 Å². The Labute approximate surface area is 226 Å². The van der Waals surface area contributed by atoms with Crippen molar-refractivity contribution in [1.29, 1.82) is 0 Å². The smallest absolute Gasteiger partial charge is 0.243 e. The van der Waals surface area contributed by atoms with E-state index in [0.29, 0.717) is 10.0 Å². The molecule has 0 fully saturated rings. The van der Waals surface area contributed by atoms with Crippen molar-refractivity contribution < 1.29 is 13.5 Å². The van der Waals surface area contributed by atoms with Crippen molar-refractivity contribution in [1.82, 2.24) is 8.87 Å². The number of aliphatic hydroxyl groups excluding tert-OH is 1. The fourth-order valence-corrected chi connectivity index (χ4v) is 6.45. The van der Waals surface area contributed by atoms with E-state index in [4.69, 9.17) is 23.2 Å². The minimum absolute atomic E-state index is 0.0759. The molecular formula is C29H26Cl2N2O3S. The number of sulfonamides is 1. The summed E-state index contributed by atoms with van der Waals surface area (Å²) in [6.07, 6.45) is -0.978. The van der Waals surface area contributed by atoms with Gasteiger partial charge in [-0.2, -0.15) is 4.31 Å². The summed E-state index contributed by atoms with van der Waals surface area (Å²) in [6.45, 7) is 2.17. The number of nitrogens with zero attached hydrogens (tertiary/aromatic N) is 2. The molecule has 1 N–H and O–H groups in total. The molecule has 0 aliphatic carbocycles. The number of fused-ring (bicyclic) bond motifs is 3. The average molecular weight is 554 g/mol. The lowest BCUT2D eigenvalue weighted by atomic mass is 10.1. The third-order valence-electron chi connectivity index (χ3n) is 6.46. The van der Waals surface area contributed by atoms with Crippen molar-refractivity contribution in [2.24, 2.45) is 0 Å². The number of hydrogen-bond acceptors (Lipinski definition) is 3. The lowest BCUT2D eigenvalue weighted by Gasteiger charge is -2.25. The summed E-state index contributed by atoms with van der Waals surface area (Å²) in [5.74, 6) is 0. The summed E-state index contributed by atoms with van der Waals surface area (Å²) >= 11 is 12.5. The van der Waals surface area contributed by atoms with Gasteiger partial charge in [-0.3, -0.25) is 0 Å². The van der Waals surface area contributed by atoms with E-state index in [1.807, 2.05) is 66.1 Å². The van der Waals surface area contributed by atoms with Crippen LogP contribution in [0.1, 0.15) is 11.1 Å². The molecule has 0 unspecified atom stereocenters. The van der Waals surface area contributed by atoms with Gasteiger partial charge in [-0.15, -0.1) is 0 Å². The first kappa shape index (κ1) is 25.8. The zero-order chi connectivity index (χ0) is 26.2. The van der Waals surface area contributed by atoms with Gasteiger partial charge in [0.1, 0.15) is 0 Å². The molecule has 8 heteroatoms. The maximum atomic E-state index is 13.7. The largest absolute Gasteiger partial charge is 0.390 e. The van der Waals surface area contributed by atoms with Crippen LogP contribution in [-0.4, -0.2) is 35.0 Å². The first-order valence-corrected chi connectivity index (χ1v) is 14.1. The van der Waals surface area contributed by atoms with Crippen LogP contribution >= 0.6 is 23.2 Å². The van der Waals surface area contributed by atoms with Crippen molar-refractivity contribution in [3.05, 3.63) is 112 Å². The Kier molecular flexibility index (Phi) is 7.30. The third kappa shape index (κ3) is 5.40. The summed E-state index contributed by atoms with van der Waals surface area (Å²) in [6, 6.07) is 27.3. The highest BCUT2D eigenvalue weighted by atomic mass is 35.5. The van der Waals surface area contributed by atoms with E-state index in [9.17, 15) is 13.5 Å². The van der Waals surface area contributed by atoms with Crippen molar-refractivity contribution >= 4 is 55.0 Å². The van der Waals surface area contributed by atoms with Crippen LogP contribution in [0.15, 0.2) is 95.9 Å². The monoisotopic (exact) mass is 552 g/mol. The molecule has 5 aromatic rings. The second kappa shape index (κ2) is 10.5. The molecular weight excluding hydrogens is 527 g/mol. The highest BCUT2D eigenvalue weighted by molar-refractivity contribution is 7.89. The van der Waals surface area contributed by atoms with Gasteiger partial charge in [-0.05, 0) is 61.0 Å². The fraction of sp³-hybridized carbons (Fsp3) is 0.172. The number of aromatic nitrogens is 1. The van der Waals surface area contributed by atoms with E-state index in [-0.39, 0.29) is 24.5 Å². The second-order valence-electron chi connectivity index (χ2n) is 9.18. The van der Waals surface area contributed by atoms with Crippen LogP contribution in [0.5, 0.6) is 0 Å². The first-order chi connectivity index (χ1) is 17.7. The summed E-state index contributed by atoms with van der Waals surface area (Å²) in [5, 5.41) is 14.3. The molecule has 0 aliphatic rings. The predicted molar refractivity (Wildman–Crippen MR) is 151 cm³/mol. The highest BCUT2D eigenvalue weighted by Gasteiger charge is 2.27. The maximum Gasteiger partial charge on any atom is 0.243 e. The molecule has 0 bridgehead atoms. The zero-order valence-corrected chi connectivity index (χ0v) is 22.5. The predicted octanol–water partition coefficient (Wildman–Crippen LogP) is 6.66. The van der Waals surface area contributed by atoms with Gasteiger partial charge < -0.3 is 9.67 Å². The Morgan fingerprint density at radius 3 is 1.97 bits per heavy atom. The van der Waals surface area contributed by atoms with Gasteiger partial charge in [0.25, 0.3) is 0 Å². The molecule has 0 amide bonds. The van der Waals surface area contributed by atoms with Gasteiger partial charge in [0.2, 0.25) is 10.0 Å². The van der Waals surface area contributed by atoms with Gasteiger partial charge in [0, 0.05) is 44.9 Å². The first-order valence-electron chi connectivity index (χ1n) is 11.9. The number of hydrogen-bond donors (Lipinski definition) is 1. The third-order valence-corrected chi connectivity index (χ3v) is 8.75. The second-order valence-corrected chi connectivity index (χ2v) is 12.0. The van der Waals surface area contributed by atoms with Gasteiger partial charge >= 0.3 is 0 Å². The number of rotatable bonds is 8. The Morgan fingerprint density at radius 2 is 1.41 bits per heavy atom. The number of benzene rings is 4. The molecule has 37 heavy (non-hydrogen) atoms. The van der Waals surface area contributed by atoms with Crippen molar-refractivity contribution in [2.45, 2.75) is 31.0 Å². The van der Waals surface area contributed by atoms with Crippen LogP contribution in [-0.2, 0) is 23.1 Å². The minimum atomic E-state index is -3.86. The number of aryl methyl sites for hydroxylation is 1. The van der Waals surface area contributed by atoms with Crippen LogP contribution in [0.4, 0.5) is 0 Å². The summed E-state index contributed by atoms with van der Waals surface area (Å²) in [7, 11) is -3.86. The van der Waals surface area contributed by atoms with Crippen LogP contribution in [0.2, 0.25) is 10.0 Å². The zero-order valence-electron chi connectivity index (χ0n) is 20.2. The quantitative estimate of drug-likeness (QED) is 0.234. The molecule has 0 saturated heterocycles. The van der Waals surface area contributed by atoms with E-state index >= 15 is 0 Å². The normalized spacial score (nSPS) is 13.0. The maximum absolute atomic E-state index is 13.7. The molecule has 5 nitrogen and oxygen atoms in total. The van der Waals surface area contributed by atoms with Gasteiger partial charge in [0.05, 0.1) is 17.5 Å². The Hall–Kier alpha value is -2.87. The summed E-state index contributed by atoms with van der Waals surface area (Å²) in [4.78, 5) is 0.197. The van der Waals surface area contributed by atoms with E-state index < -0.39 is 16.1 Å². The molecule has 1 aromatic heterocycles. The Morgan fingerprint density at radius 1 is 0.838 bits per heavy atom. The van der Waals surface area contributed by atoms with Gasteiger partial charge in [-0.25, -0.2) is 8.42 Å². The van der Waals surface area contributed by atoms with Crippen LogP contribution in [0.3, 0.4) is 0 Å². The van der Waals surface area contributed by atoms with Crippen molar-refractivity contribution in [3.63, 3.8) is 0 Å². The Bertz CT molecular complexity index is 1610. The molecule has 5 rings (SSSR count). The topological polar surface area (TPSA) is 62.5 Å². The molecule has 0 saturated carbocycles. The van der Waals surface area contributed by atoms with E-state index in [1.54, 1.807) is 36.4 Å². The standard InChI is InChI=1S/C29H26Cl2N2O3S/c1-20-7-11-25(12-8-20)37(35,36)32(17-21-5-3-2-4-6-21)18-24(34)19-33-28-13-9-22(30)15-26(28)27-16-23(31)10-14-29(27)33/h2-16,24,34H,17-19H2,1H3/t24-/m1/s1. The molecule has 0 radical (unpaired) electrons. The van der Waals surface area contributed by atoms with E-state index in [0.717, 1.165) is 32.9 Å². The van der Waals surface area contributed by atoms with Crippen LogP contribution in [0.25, 0.3) is 21.8 Å². The molecule has 4 aromatic carbocycles. The average Bonchev–Trinajstić information content (AvgIpc) is 3.16. The lowest BCUT2D eigenvalue weighted by Crippen LogP contribution is -2.38. The van der Waals surface area contributed by atoms with Crippen LogP contribution < -0.4 is 0 Å². The molecule has 190 valence electrons. The fourth-order valence-electron chi connectivity index (χ4n) is 4.64. The summed E-state index contributed by atoms with van der Waals surface area (Å²) < 4.78 is 30.7. The minimum Gasteiger partial charge on any atom is -0.390 e. The molecule has 0 aliphatic heterocycles. The molecule has 0 spiro atoms. The number of halogens is 2. The van der Waals surface area contributed by atoms with E-state index in [2.05, 4.69) is 0 Å². The number of aliphatic hydroxyl groups is 1. The highest BCUT2D eigenvalue weighted by Crippen LogP contribution is 2.33. The SMILES string of the molecule is Cc1ccc(S(=O)(=O)N(Cc2ccccc2)C[C@@H](O)Cn2c3ccc(Cl)cc3c3cc(Cl)ccc32)cc1. The van der Waals surface area contributed by atoms with Crippen molar-refractivity contribution in [2.75, 3.05) is 6.54 Å². The van der Waals surface area contributed by atoms with Gasteiger partial charge in [0.15, 0.2) is 0 Å². The lowest BCUT2D eigenvalue weighted by molar-refractivity contribution is 0.128.